The van der Waals surface area contributed by atoms with Crippen LogP contribution in [0.15, 0.2) is 0 Å². The average molecular weight is 293 g/mol. The number of hydrogen-bond acceptors (Lipinski definition) is 4. The fraction of sp³-hybridized carbons (Fsp3) is 0.857. The minimum atomic E-state index is -4.06. The van der Waals surface area contributed by atoms with Gasteiger partial charge in [0, 0.05) is 13.0 Å². The monoisotopic (exact) mass is 292 g/mol. The summed E-state index contributed by atoms with van der Waals surface area (Å²) in [5.74, 6) is -0.926. The zero-order chi connectivity index (χ0) is 13.0. The maximum atomic E-state index is 11.3. The molecule has 0 radical (unpaired) electrons. The van der Waals surface area contributed by atoms with Crippen LogP contribution in [-0.4, -0.2) is 40.7 Å². The van der Waals surface area contributed by atoms with Gasteiger partial charge in [-0.3, -0.25) is 9.35 Å². The average Bonchev–Trinajstić information content (AvgIpc) is 1.99. The number of nitrogens with zero attached hydrogens (tertiary/aromatic N) is 1. The quantitative estimate of drug-likeness (QED) is 0.558. The molecule has 0 unspecified atom stereocenters. The molecule has 0 heterocycles. The van der Waals surface area contributed by atoms with E-state index in [1.54, 1.807) is 13.8 Å². The van der Waals surface area contributed by atoms with Crippen LogP contribution < -0.4 is 5.32 Å². The summed E-state index contributed by atoms with van der Waals surface area (Å²) in [5, 5.41) is 2.33. The summed E-state index contributed by atoms with van der Waals surface area (Å²) in [7, 11) is -4.06. The summed E-state index contributed by atoms with van der Waals surface area (Å²) in [4.78, 5) is 11.3. The maximum absolute atomic E-state index is 11.3. The number of hydrogen-bond donors (Lipinski definition) is 2. The largest absolute Gasteiger partial charge is 0.355 e. The molecular formula is C7H14Cl2N2O4S. The first-order valence-electron chi connectivity index (χ1n) is 4.38. The second kappa shape index (κ2) is 6.02. The molecule has 0 atom stereocenters. The highest BCUT2D eigenvalue weighted by Crippen LogP contribution is 2.23. The van der Waals surface area contributed by atoms with Crippen LogP contribution in [0.3, 0.4) is 0 Å². The topological polar surface area (TPSA) is 86.7 Å². The summed E-state index contributed by atoms with van der Waals surface area (Å²) in [6.45, 7) is 3.14. The Morgan fingerprint density at radius 2 is 1.94 bits per heavy atom. The molecule has 1 amide bonds. The summed E-state index contributed by atoms with van der Waals surface area (Å²) in [6.07, 6.45) is 0.00543. The lowest BCUT2D eigenvalue weighted by Crippen LogP contribution is -2.39. The third kappa shape index (κ3) is 7.24. The molecule has 9 heteroatoms. The van der Waals surface area contributed by atoms with Gasteiger partial charge in [-0.1, -0.05) is 0 Å². The Kier molecular flexibility index (Phi) is 5.99. The van der Waals surface area contributed by atoms with E-state index in [1.807, 2.05) is 0 Å². The molecular weight excluding hydrogens is 279 g/mol. The van der Waals surface area contributed by atoms with Crippen molar-refractivity contribution in [3.05, 3.63) is 0 Å². The minimum Gasteiger partial charge on any atom is -0.355 e. The van der Waals surface area contributed by atoms with Gasteiger partial charge >= 0.3 is 0 Å². The summed E-state index contributed by atoms with van der Waals surface area (Å²) >= 11 is 11.0. The Hall–Kier alpha value is -0.0800. The molecule has 0 bridgehead atoms. The molecule has 0 aromatic carbocycles. The highest BCUT2D eigenvalue weighted by molar-refractivity contribution is 7.85. The Bertz CT molecular complexity index is 342. The summed E-state index contributed by atoms with van der Waals surface area (Å²) in [6, 6.07) is 0. The minimum absolute atomic E-state index is 0.00543. The lowest BCUT2D eigenvalue weighted by atomic mass is 10.0. The standard InChI is InChI=1S/C7H14Cl2N2O4S/c1-7(2,11(8)9)5-6(12)10-3-4-16(13,14)15/h3-5H2,1-2H3,(H,10,12)(H,13,14,15). The van der Waals surface area contributed by atoms with Crippen LogP contribution >= 0.6 is 23.6 Å². The van der Waals surface area contributed by atoms with Gasteiger partial charge in [0.15, 0.2) is 0 Å². The van der Waals surface area contributed by atoms with E-state index in [4.69, 9.17) is 28.1 Å². The highest BCUT2D eigenvalue weighted by Gasteiger charge is 2.27. The first-order valence-corrected chi connectivity index (χ1v) is 6.67. The van der Waals surface area contributed by atoms with Crippen molar-refractivity contribution in [1.82, 2.24) is 9.25 Å². The summed E-state index contributed by atoms with van der Waals surface area (Å²) < 4.78 is 30.0. The van der Waals surface area contributed by atoms with Gasteiger partial charge in [0.05, 0.1) is 11.3 Å². The molecule has 96 valence electrons. The molecule has 0 aromatic rings. The smallest absolute Gasteiger partial charge is 0.266 e. The zero-order valence-corrected chi connectivity index (χ0v) is 11.2. The molecule has 2 N–H and O–H groups in total. The molecule has 0 fully saturated rings. The van der Waals surface area contributed by atoms with E-state index in [2.05, 4.69) is 5.32 Å². The van der Waals surface area contributed by atoms with Gasteiger partial charge in [-0.05, 0) is 37.4 Å². The molecule has 16 heavy (non-hydrogen) atoms. The number of rotatable bonds is 6. The Morgan fingerprint density at radius 1 is 1.44 bits per heavy atom. The summed E-state index contributed by atoms with van der Waals surface area (Å²) in [5.41, 5.74) is -0.759. The van der Waals surface area contributed by atoms with Crippen LogP contribution in [0.25, 0.3) is 0 Å². The lowest BCUT2D eigenvalue weighted by Gasteiger charge is -2.26. The van der Waals surface area contributed by atoms with Crippen molar-refractivity contribution in [2.75, 3.05) is 12.3 Å². The van der Waals surface area contributed by atoms with Crippen LogP contribution in [0.4, 0.5) is 0 Å². The van der Waals surface area contributed by atoms with Gasteiger partial charge in [-0.25, -0.2) is 0 Å². The fourth-order valence-electron chi connectivity index (χ4n) is 0.835. The van der Waals surface area contributed by atoms with Crippen molar-refractivity contribution < 1.29 is 17.8 Å². The Balaban J connectivity index is 4.02. The SMILES string of the molecule is CC(C)(CC(=O)NCCS(=O)(=O)O)N(Cl)Cl. The number of nitrogens with one attached hydrogen (secondary N) is 1. The van der Waals surface area contributed by atoms with Crippen molar-refractivity contribution in [2.45, 2.75) is 25.8 Å². The van der Waals surface area contributed by atoms with Gasteiger partial charge in [0.25, 0.3) is 10.1 Å². The molecule has 0 aliphatic carbocycles. The van der Waals surface area contributed by atoms with Crippen molar-refractivity contribution >= 4 is 39.6 Å². The first-order chi connectivity index (χ1) is 7.04. The molecule has 0 aliphatic heterocycles. The van der Waals surface area contributed by atoms with Crippen molar-refractivity contribution in [2.24, 2.45) is 0 Å². The maximum Gasteiger partial charge on any atom is 0.266 e. The lowest BCUT2D eigenvalue weighted by molar-refractivity contribution is -0.122. The first kappa shape index (κ1) is 15.9. The predicted octanol–water partition coefficient (Wildman–Crippen LogP) is 0.769. The fourth-order valence-corrected chi connectivity index (χ4v) is 1.31. The molecule has 0 spiro atoms. The van der Waals surface area contributed by atoms with Gasteiger partial charge in [0.2, 0.25) is 5.91 Å². The molecule has 0 saturated heterocycles. The third-order valence-corrected chi connectivity index (χ3v) is 3.37. The van der Waals surface area contributed by atoms with E-state index in [0.717, 1.165) is 3.94 Å². The zero-order valence-electron chi connectivity index (χ0n) is 8.90. The number of carbonyl (C=O) groups is 1. The van der Waals surface area contributed by atoms with Gasteiger partial charge in [-0.15, -0.1) is 3.94 Å². The molecule has 0 rings (SSSR count). The van der Waals surface area contributed by atoms with Crippen molar-refractivity contribution in [3.63, 3.8) is 0 Å². The van der Waals surface area contributed by atoms with Gasteiger partial charge < -0.3 is 5.32 Å². The van der Waals surface area contributed by atoms with E-state index < -0.39 is 27.3 Å². The van der Waals surface area contributed by atoms with E-state index in [9.17, 15) is 13.2 Å². The number of carbonyl (C=O) groups excluding carboxylic acids is 1. The third-order valence-electron chi connectivity index (χ3n) is 1.73. The highest BCUT2D eigenvalue weighted by atomic mass is 35.5. The predicted molar refractivity (Wildman–Crippen MR) is 61.7 cm³/mol. The molecule has 0 aromatic heterocycles. The van der Waals surface area contributed by atoms with Crippen LogP contribution in [0.1, 0.15) is 20.3 Å². The van der Waals surface area contributed by atoms with Crippen LogP contribution in [0.2, 0.25) is 0 Å². The van der Waals surface area contributed by atoms with E-state index in [0.29, 0.717) is 0 Å². The van der Waals surface area contributed by atoms with E-state index >= 15 is 0 Å². The molecule has 6 nitrogen and oxygen atoms in total. The van der Waals surface area contributed by atoms with Gasteiger partial charge in [0.1, 0.15) is 0 Å². The number of amides is 1. The second-order valence-electron chi connectivity index (χ2n) is 3.86. The van der Waals surface area contributed by atoms with Crippen LogP contribution in [0.5, 0.6) is 0 Å². The van der Waals surface area contributed by atoms with Gasteiger partial charge in [-0.2, -0.15) is 8.42 Å². The second-order valence-corrected chi connectivity index (χ2v) is 6.28. The Morgan fingerprint density at radius 3 is 2.31 bits per heavy atom. The Labute approximate surface area is 105 Å². The normalized spacial score (nSPS) is 12.9. The van der Waals surface area contributed by atoms with Crippen LogP contribution in [-0.2, 0) is 14.9 Å². The van der Waals surface area contributed by atoms with Crippen LogP contribution in [0, 0.1) is 0 Å². The van der Waals surface area contributed by atoms with Crippen molar-refractivity contribution in [3.8, 4) is 0 Å². The molecule has 0 saturated carbocycles. The van der Waals surface area contributed by atoms with Crippen molar-refractivity contribution in [1.29, 1.82) is 0 Å². The van der Waals surface area contributed by atoms with E-state index in [1.165, 1.54) is 0 Å². The van der Waals surface area contributed by atoms with E-state index in [-0.39, 0.29) is 13.0 Å². The molecule has 0 aliphatic rings. The number of halogens is 2.